The van der Waals surface area contributed by atoms with Crippen molar-refractivity contribution in [2.75, 3.05) is 19.6 Å². The van der Waals surface area contributed by atoms with Crippen molar-refractivity contribution >= 4 is 28.1 Å². The molecule has 0 atom stereocenters. The maximum Gasteiger partial charge on any atom is 0.255 e. The van der Waals surface area contributed by atoms with Crippen molar-refractivity contribution in [3.63, 3.8) is 0 Å². The fourth-order valence-corrected chi connectivity index (χ4v) is 2.46. The summed E-state index contributed by atoms with van der Waals surface area (Å²) < 4.78 is 11.2. The van der Waals surface area contributed by atoms with Crippen LogP contribution in [0.15, 0.2) is 26.5 Å². The van der Waals surface area contributed by atoms with Gasteiger partial charge in [0.2, 0.25) is 5.95 Å². The number of aromatic amines is 1. The molecule has 2 N–H and O–H groups in total. The van der Waals surface area contributed by atoms with Gasteiger partial charge >= 0.3 is 0 Å². The Bertz CT molecular complexity index is 802. The number of aryl methyl sites for hydroxylation is 1. The zero-order valence-electron chi connectivity index (χ0n) is 13.2. The number of rotatable bonds is 5. The highest BCUT2D eigenvalue weighted by Gasteiger charge is 2.11. The molecule has 0 saturated carbocycles. The molecule has 0 unspecified atom stereocenters. The molecule has 0 fully saturated rings. The number of hydrogen-bond donors (Lipinski definition) is 2. The third kappa shape index (κ3) is 3.70. The highest BCUT2D eigenvalue weighted by molar-refractivity contribution is 9.10. The molecule has 1 aromatic heterocycles. The van der Waals surface area contributed by atoms with Gasteiger partial charge in [0.05, 0.1) is 24.9 Å². The van der Waals surface area contributed by atoms with Gasteiger partial charge in [-0.2, -0.15) is 5.10 Å². The van der Waals surface area contributed by atoms with E-state index in [0.29, 0.717) is 27.2 Å². The Morgan fingerprint density at radius 2 is 2.04 bits per heavy atom. The number of H-pyrrole nitrogens is 1. The zero-order chi connectivity index (χ0) is 17.0. The van der Waals surface area contributed by atoms with Crippen LogP contribution in [0.4, 0.5) is 5.95 Å². The molecule has 0 aliphatic rings. The summed E-state index contributed by atoms with van der Waals surface area (Å²) in [5.41, 5.74) is 4.53. The number of anilines is 1. The van der Waals surface area contributed by atoms with Gasteiger partial charge < -0.3 is 9.47 Å². The lowest BCUT2D eigenvalue weighted by atomic mass is 10.2. The minimum atomic E-state index is -0.192. The second-order valence-electron chi connectivity index (χ2n) is 4.70. The molecule has 0 aliphatic carbocycles. The van der Waals surface area contributed by atoms with Crippen LogP contribution in [0.25, 0.3) is 0 Å². The average molecular weight is 381 g/mol. The van der Waals surface area contributed by atoms with E-state index in [4.69, 9.17) is 9.47 Å². The fraction of sp³-hybridized carbons (Fsp3) is 0.267. The summed E-state index contributed by atoms with van der Waals surface area (Å²) in [6.45, 7) is 3.49. The second kappa shape index (κ2) is 7.28. The Balaban J connectivity index is 2.23. The van der Waals surface area contributed by atoms with E-state index in [1.54, 1.807) is 40.3 Å². The van der Waals surface area contributed by atoms with E-state index in [0.717, 1.165) is 5.56 Å². The highest BCUT2D eigenvalue weighted by Crippen LogP contribution is 2.36. The number of ether oxygens (including phenoxy) is 2. The minimum Gasteiger partial charge on any atom is -0.493 e. The van der Waals surface area contributed by atoms with Crippen LogP contribution < -0.4 is 20.5 Å². The molecule has 8 heteroatoms. The molecule has 0 amide bonds. The van der Waals surface area contributed by atoms with Crippen LogP contribution in [0, 0.1) is 13.8 Å². The first-order chi connectivity index (χ1) is 11.0. The predicted octanol–water partition coefficient (Wildman–Crippen LogP) is 2.61. The summed E-state index contributed by atoms with van der Waals surface area (Å²) in [6.07, 6.45) is 1.58. The van der Waals surface area contributed by atoms with Crippen LogP contribution in [0.5, 0.6) is 11.5 Å². The van der Waals surface area contributed by atoms with Gasteiger partial charge in [-0.15, -0.1) is 0 Å². The third-order valence-corrected chi connectivity index (χ3v) is 4.10. The molecule has 23 heavy (non-hydrogen) atoms. The number of methoxy groups -OCH3 is 2. The summed E-state index contributed by atoms with van der Waals surface area (Å²) in [5, 5.41) is 4.08. The van der Waals surface area contributed by atoms with E-state index in [-0.39, 0.29) is 11.5 Å². The van der Waals surface area contributed by atoms with Crippen LogP contribution >= 0.6 is 15.9 Å². The van der Waals surface area contributed by atoms with Gasteiger partial charge in [0.25, 0.3) is 5.56 Å². The predicted molar refractivity (Wildman–Crippen MR) is 92.8 cm³/mol. The van der Waals surface area contributed by atoms with Crippen LogP contribution in [0.2, 0.25) is 0 Å². The van der Waals surface area contributed by atoms with Crippen LogP contribution in [-0.4, -0.2) is 30.4 Å². The van der Waals surface area contributed by atoms with Gasteiger partial charge in [0, 0.05) is 16.8 Å². The van der Waals surface area contributed by atoms with E-state index in [1.165, 1.54) is 0 Å². The maximum atomic E-state index is 11.7. The Morgan fingerprint density at radius 1 is 1.30 bits per heavy atom. The van der Waals surface area contributed by atoms with Crippen molar-refractivity contribution in [1.82, 2.24) is 9.97 Å². The summed E-state index contributed by atoms with van der Waals surface area (Å²) in [7, 11) is 3.13. The molecule has 2 rings (SSSR count). The van der Waals surface area contributed by atoms with Crippen LogP contribution in [-0.2, 0) is 0 Å². The quantitative estimate of drug-likeness (QED) is 0.614. The van der Waals surface area contributed by atoms with Gasteiger partial charge in [-0.3, -0.25) is 9.78 Å². The molecule has 0 radical (unpaired) electrons. The molecule has 0 bridgehead atoms. The van der Waals surface area contributed by atoms with E-state index < -0.39 is 0 Å². The molecule has 0 spiro atoms. The fourth-order valence-electron chi connectivity index (χ4n) is 1.87. The topological polar surface area (TPSA) is 88.6 Å². The number of hydrazone groups is 1. The monoisotopic (exact) mass is 380 g/mol. The minimum absolute atomic E-state index is 0.192. The summed E-state index contributed by atoms with van der Waals surface area (Å²) in [5.74, 6) is 1.48. The highest BCUT2D eigenvalue weighted by atomic mass is 79.9. The number of benzene rings is 1. The lowest BCUT2D eigenvalue weighted by molar-refractivity contribution is 0.353. The molecule has 122 valence electrons. The molecule has 0 aliphatic heterocycles. The van der Waals surface area contributed by atoms with Crippen molar-refractivity contribution in [3.05, 3.63) is 43.8 Å². The summed E-state index contributed by atoms with van der Waals surface area (Å²) >= 11 is 3.45. The van der Waals surface area contributed by atoms with Gasteiger partial charge in [-0.05, 0) is 41.9 Å². The normalized spacial score (nSPS) is 10.8. The van der Waals surface area contributed by atoms with E-state index in [2.05, 4.69) is 36.4 Å². The lowest BCUT2D eigenvalue weighted by Gasteiger charge is -2.10. The van der Waals surface area contributed by atoms with Crippen molar-refractivity contribution in [1.29, 1.82) is 0 Å². The number of nitrogens with one attached hydrogen (secondary N) is 2. The first-order valence-electron chi connectivity index (χ1n) is 6.75. The Hall–Kier alpha value is -2.35. The number of aromatic nitrogens is 2. The largest absolute Gasteiger partial charge is 0.493 e. The SMILES string of the molecule is COc1ccc(/C=N\Nc2nc(C)c(C)c(=O)[nH]2)c(Br)c1OC. The first kappa shape index (κ1) is 17.0. The van der Waals surface area contributed by atoms with Crippen molar-refractivity contribution in [2.45, 2.75) is 13.8 Å². The van der Waals surface area contributed by atoms with E-state index in [1.807, 2.05) is 6.07 Å². The second-order valence-corrected chi connectivity index (χ2v) is 5.49. The Morgan fingerprint density at radius 3 is 2.65 bits per heavy atom. The average Bonchev–Trinajstić information content (AvgIpc) is 2.53. The van der Waals surface area contributed by atoms with Gasteiger partial charge in [0.1, 0.15) is 0 Å². The molecular weight excluding hydrogens is 364 g/mol. The lowest BCUT2D eigenvalue weighted by Crippen LogP contribution is -2.15. The molecule has 1 aromatic carbocycles. The van der Waals surface area contributed by atoms with Crippen LogP contribution in [0.3, 0.4) is 0 Å². The van der Waals surface area contributed by atoms with Gasteiger partial charge in [0.15, 0.2) is 11.5 Å². The number of nitrogens with zero attached hydrogens (tertiary/aromatic N) is 2. The molecule has 1 heterocycles. The van der Waals surface area contributed by atoms with Gasteiger partial charge in [-0.1, -0.05) is 0 Å². The standard InChI is InChI=1S/C15H17BrN4O3/c1-8-9(2)18-15(19-14(8)21)20-17-7-10-5-6-11(22-3)13(23-4)12(10)16/h5-7H,1-4H3,(H2,18,19,20,21)/b17-7-. The summed E-state index contributed by atoms with van der Waals surface area (Å²) in [6, 6.07) is 3.61. The van der Waals surface area contributed by atoms with E-state index in [9.17, 15) is 4.79 Å². The van der Waals surface area contributed by atoms with Crippen molar-refractivity contribution in [2.24, 2.45) is 5.10 Å². The van der Waals surface area contributed by atoms with Crippen molar-refractivity contribution < 1.29 is 9.47 Å². The third-order valence-electron chi connectivity index (χ3n) is 3.28. The van der Waals surface area contributed by atoms with Crippen molar-refractivity contribution in [3.8, 4) is 11.5 Å². The Labute approximate surface area is 141 Å². The number of hydrogen-bond acceptors (Lipinski definition) is 6. The van der Waals surface area contributed by atoms with Crippen LogP contribution in [0.1, 0.15) is 16.8 Å². The molecule has 2 aromatic rings. The molecular formula is C15H17BrN4O3. The molecule has 0 saturated heterocycles. The first-order valence-corrected chi connectivity index (χ1v) is 7.54. The Kier molecular flexibility index (Phi) is 5.38. The zero-order valence-corrected chi connectivity index (χ0v) is 14.8. The molecule has 7 nitrogen and oxygen atoms in total. The summed E-state index contributed by atoms with van der Waals surface area (Å²) in [4.78, 5) is 18.5. The number of halogens is 1. The van der Waals surface area contributed by atoms with Gasteiger partial charge in [-0.25, -0.2) is 10.4 Å². The smallest absolute Gasteiger partial charge is 0.255 e. The van der Waals surface area contributed by atoms with E-state index >= 15 is 0 Å². The maximum absolute atomic E-state index is 11.7.